The van der Waals surface area contributed by atoms with E-state index in [4.69, 9.17) is 21.1 Å². The number of aryl methyl sites for hydroxylation is 3. The third-order valence-corrected chi connectivity index (χ3v) is 4.37. The van der Waals surface area contributed by atoms with Crippen LogP contribution >= 0.6 is 11.6 Å². The smallest absolute Gasteiger partial charge is 0.334 e. The van der Waals surface area contributed by atoms with E-state index >= 15 is 0 Å². The third-order valence-electron chi connectivity index (χ3n) is 4.07. The Bertz CT molecular complexity index is 831. The molecule has 152 valence electrons. The van der Waals surface area contributed by atoms with Gasteiger partial charge in [0.2, 0.25) is 5.82 Å². The minimum Gasteiger partial charge on any atom is -0.382 e. The summed E-state index contributed by atoms with van der Waals surface area (Å²) >= 11 is 6.35. The summed E-state index contributed by atoms with van der Waals surface area (Å²) < 4.78 is 10.3. The molecule has 2 aromatic rings. The number of hydrogen-bond acceptors (Lipinski definition) is 7. The molecule has 0 atom stereocenters. The molecule has 0 amide bonds. The highest BCUT2D eigenvalue weighted by atomic mass is 35.5. The molecule has 2 rings (SSSR count). The molecule has 0 fully saturated rings. The summed E-state index contributed by atoms with van der Waals surface area (Å²) in [5, 5.41) is 18.5. The maximum atomic E-state index is 11.9. The van der Waals surface area contributed by atoms with E-state index in [1.54, 1.807) is 33.3 Å². The van der Waals surface area contributed by atoms with Gasteiger partial charge in [-0.25, -0.2) is 4.98 Å². The summed E-state index contributed by atoms with van der Waals surface area (Å²) in [4.78, 5) is 15.7. The Morgan fingerprint density at radius 1 is 1.18 bits per heavy atom. The van der Waals surface area contributed by atoms with E-state index in [1.807, 2.05) is 19.9 Å². The fourth-order valence-corrected chi connectivity index (χ4v) is 3.36. The van der Waals surface area contributed by atoms with Gasteiger partial charge < -0.3 is 20.1 Å². The predicted octanol–water partition coefficient (Wildman–Crippen LogP) is 4.39. The molecule has 1 aromatic carbocycles. The van der Waals surface area contributed by atoms with E-state index in [2.05, 4.69) is 15.6 Å². The van der Waals surface area contributed by atoms with E-state index in [0.29, 0.717) is 35.3 Å². The molecular weight excluding hydrogens is 384 g/mol. The van der Waals surface area contributed by atoms with Gasteiger partial charge >= 0.3 is 5.69 Å². The highest BCUT2D eigenvalue weighted by Crippen LogP contribution is 2.37. The average molecular weight is 409 g/mol. The topological polar surface area (TPSA) is 98.6 Å². The number of halogens is 1. The van der Waals surface area contributed by atoms with Crippen LogP contribution in [0.2, 0.25) is 5.02 Å². The first-order valence-electron chi connectivity index (χ1n) is 8.71. The highest BCUT2D eigenvalue weighted by molar-refractivity contribution is 6.33. The predicted molar refractivity (Wildman–Crippen MR) is 111 cm³/mol. The molecular formula is C19H25ClN4O4. The van der Waals surface area contributed by atoms with Gasteiger partial charge in [-0.15, -0.1) is 0 Å². The van der Waals surface area contributed by atoms with Crippen molar-refractivity contribution >= 4 is 34.5 Å². The number of hydrogen-bond donors (Lipinski definition) is 2. The van der Waals surface area contributed by atoms with Crippen LogP contribution in [0.4, 0.5) is 22.9 Å². The van der Waals surface area contributed by atoms with Crippen LogP contribution in [0.25, 0.3) is 0 Å². The van der Waals surface area contributed by atoms with E-state index in [0.717, 1.165) is 11.1 Å². The van der Waals surface area contributed by atoms with Crippen LogP contribution in [-0.4, -0.2) is 43.4 Å². The Morgan fingerprint density at radius 2 is 1.82 bits per heavy atom. The number of nitro groups is 1. The molecule has 0 aliphatic carbocycles. The van der Waals surface area contributed by atoms with Gasteiger partial charge in [-0.3, -0.25) is 10.1 Å². The number of benzene rings is 1. The Balaban J connectivity index is 2.50. The molecule has 0 bridgehead atoms. The number of rotatable bonds is 9. The molecule has 0 aliphatic rings. The van der Waals surface area contributed by atoms with Crippen LogP contribution in [0, 0.1) is 30.9 Å². The zero-order valence-electron chi connectivity index (χ0n) is 16.6. The summed E-state index contributed by atoms with van der Waals surface area (Å²) in [7, 11) is 3.12. The Morgan fingerprint density at radius 3 is 2.36 bits per heavy atom. The molecule has 2 N–H and O–H groups in total. The standard InChI is InChI=1S/C19H25ClN4O4/c1-11-6-12(2)17(15(20)7-11)23-19-18(24(25)26)16(8-13(3)21-19)22-14(9-27-4)10-28-5/h6-8,14H,9-10H2,1-5H3,(H2,21,22,23). The molecule has 0 saturated heterocycles. The maximum absolute atomic E-state index is 11.9. The summed E-state index contributed by atoms with van der Waals surface area (Å²) in [5.41, 5.74) is 3.24. The first kappa shape index (κ1) is 21.9. The lowest BCUT2D eigenvalue weighted by atomic mass is 10.1. The fourth-order valence-electron chi connectivity index (χ4n) is 2.99. The van der Waals surface area contributed by atoms with Crippen LogP contribution in [0.3, 0.4) is 0 Å². The van der Waals surface area contributed by atoms with E-state index in [-0.39, 0.29) is 17.5 Å². The second-order valence-electron chi connectivity index (χ2n) is 6.58. The SMILES string of the molecule is COCC(COC)Nc1cc(C)nc(Nc2c(C)cc(C)cc2Cl)c1[N+](=O)[O-]. The molecule has 1 aromatic heterocycles. The average Bonchev–Trinajstić information content (AvgIpc) is 2.57. The van der Waals surface area contributed by atoms with Crippen molar-refractivity contribution in [1.82, 2.24) is 4.98 Å². The fraction of sp³-hybridized carbons (Fsp3) is 0.421. The Kier molecular flexibility index (Phi) is 7.56. The van der Waals surface area contributed by atoms with Crippen molar-refractivity contribution in [3.8, 4) is 0 Å². The summed E-state index contributed by atoms with van der Waals surface area (Å²) in [6.45, 7) is 6.25. The maximum Gasteiger partial charge on any atom is 0.334 e. The molecule has 0 spiro atoms. The molecule has 1 heterocycles. The van der Waals surface area contributed by atoms with Crippen LogP contribution in [0.15, 0.2) is 18.2 Å². The zero-order valence-corrected chi connectivity index (χ0v) is 17.4. The van der Waals surface area contributed by atoms with Gasteiger partial charge in [0.05, 0.1) is 34.9 Å². The van der Waals surface area contributed by atoms with Crippen molar-refractivity contribution in [3.05, 3.63) is 50.2 Å². The second-order valence-corrected chi connectivity index (χ2v) is 6.99. The number of aromatic nitrogens is 1. The van der Waals surface area contributed by atoms with E-state index in [1.165, 1.54) is 0 Å². The van der Waals surface area contributed by atoms with Crippen molar-refractivity contribution in [1.29, 1.82) is 0 Å². The third kappa shape index (κ3) is 5.31. The first-order chi connectivity index (χ1) is 13.3. The lowest BCUT2D eigenvalue weighted by Gasteiger charge is -2.20. The van der Waals surface area contributed by atoms with Gasteiger partial charge in [-0.05, 0) is 44.0 Å². The van der Waals surface area contributed by atoms with Crippen molar-refractivity contribution in [3.63, 3.8) is 0 Å². The number of methoxy groups -OCH3 is 2. The Hall–Kier alpha value is -2.42. The minimum atomic E-state index is -0.467. The normalized spacial score (nSPS) is 11.0. The molecule has 8 nitrogen and oxygen atoms in total. The Labute approximate surface area is 169 Å². The molecule has 0 saturated carbocycles. The lowest BCUT2D eigenvalue weighted by molar-refractivity contribution is -0.383. The summed E-state index contributed by atoms with van der Waals surface area (Å²) in [5.74, 6) is 0.120. The minimum absolute atomic E-state index is 0.120. The zero-order chi connectivity index (χ0) is 20.8. The molecule has 28 heavy (non-hydrogen) atoms. The lowest BCUT2D eigenvalue weighted by Crippen LogP contribution is -2.30. The van der Waals surface area contributed by atoms with Gasteiger partial charge in [-0.2, -0.15) is 0 Å². The number of nitrogens with zero attached hydrogens (tertiary/aromatic N) is 2. The molecule has 0 radical (unpaired) electrons. The number of ether oxygens (including phenoxy) is 2. The summed E-state index contributed by atoms with van der Waals surface area (Å²) in [6.07, 6.45) is 0. The number of nitrogens with one attached hydrogen (secondary N) is 2. The molecule has 9 heteroatoms. The number of pyridine rings is 1. The largest absolute Gasteiger partial charge is 0.382 e. The van der Waals surface area contributed by atoms with Gasteiger partial charge in [0, 0.05) is 19.9 Å². The molecule has 0 unspecified atom stereocenters. The van der Waals surface area contributed by atoms with Crippen molar-refractivity contribution in [2.75, 3.05) is 38.1 Å². The quantitative estimate of drug-likeness (QED) is 0.469. The van der Waals surface area contributed by atoms with Gasteiger partial charge in [0.1, 0.15) is 5.69 Å². The van der Waals surface area contributed by atoms with Crippen molar-refractivity contribution < 1.29 is 14.4 Å². The highest BCUT2D eigenvalue weighted by Gasteiger charge is 2.25. The van der Waals surface area contributed by atoms with Crippen molar-refractivity contribution in [2.24, 2.45) is 0 Å². The molecule has 0 aliphatic heterocycles. The van der Waals surface area contributed by atoms with Gasteiger partial charge in [0.25, 0.3) is 0 Å². The van der Waals surface area contributed by atoms with Gasteiger partial charge in [0.15, 0.2) is 0 Å². The monoisotopic (exact) mass is 408 g/mol. The van der Waals surface area contributed by atoms with E-state index in [9.17, 15) is 10.1 Å². The first-order valence-corrected chi connectivity index (χ1v) is 9.08. The van der Waals surface area contributed by atoms with Crippen molar-refractivity contribution in [2.45, 2.75) is 26.8 Å². The van der Waals surface area contributed by atoms with Crippen LogP contribution in [0.5, 0.6) is 0 Å². The van der Waals surface area contributed by atoms with Crippen LogP contribution in [0.1, 0.15) is 16.8 Å². The van der Waals surface area contributed by atoms with Crippen LogP contribution in [-0.2, 0) is 9.47 Å². The van der Waals surface area contributed by atoms with E-state index < -0.39 is 4.92 Å². The number of anilines is 3. The summed E-state index contributed by atoms with van der Waals surface area (Å²) in [6, 6.07) is 5.12. The van der Waals surface area contributed by atoms with Gasteiger partial charge in [-0.1, -0.05) is 17.7 Å². The second kappa shape index (κ2) is 9.68. The van der Waals surface area contributed by atoms with Crippen LogP contribution < -0.4 is 10.6 Å².